The van der Waals surface area contributed by atoms with Gasteiger partial charge in [0.1, 0.15) is 0 Å². The van der Waals surface area contributed by atoms with Crippen molar-refractivity contribution in [3.63, 3.8) is 0 Å². The molecule has 1 atom stereocenters. The third kappa shape index (κ3) is 6.16. The molecule has 142 valence electrons. The van der Waals surface area contributed by atoms with Crippen molar-refractivity contribution in [2.24, 2.45) is 5.10 Å². The van der Waals surface area contributed by atoms with Crippen LogP contribution in [0, 0.1) is 0 Å². The molecule has 1 fully saturated rings. The number of hydrazone groups is 1. The molecule has 2 rings (SSSR count). The van der Waals surface area contributed by atoms with Crippen LogP contribution in [0.15, 0.2) is 23.3 Å². The fraction of sp³-hybridized carbons (Fsp3) is 0.471. The minimum Gasteiger partial charge on any atom is -0.493 e. The average Bonchev–Trinajstić information content (AvgIpc) is 3.16. The van der Waals surface area contributed by atoms with E-state index in [0.29, 0.717) is 28.9 Å². The van der Waals surface area contributed by atoms with Crippen LogP contribution in [-0.2, 0) is 9.53 Å². The van der Waals surface area contributed by atoms with Crippen LogP contribution in [0.4, 0.5) is 0 Å². The van der Waals surface area contributed by atoms with Gasteiger partial charge in [0.05, 0.1) is 18.9 Å². The molecule has 1 aromatic rings. The van der Waals surface area contributed by atoms with Crippen LogP contribution in [0.25, 0.3) is 0 Å². The molecular formula is C17H23N3O5S. The Bertz CT molecular complexity index is 674. The molecule has 1 saturated heterocycles. The summed E-state index contributed by atoms with van der Waals surface area (Å²) in [6, 6.07) is 5.13. The largest absolute Gasteiger partial charge is 0.493 e. The van der Waals surface area contributed by atoms with Gasteiger partial charge in [-0.05, 0) is 50.2 Å². The number of thiocarbonyl (C=S) groups is 1. The molecule has 1 aromatic carbocycles. The Morgan fingerprint density at radius 1 is 1.46 bits per heavy atom. The normalized spacial score (nSPS) is 16.8. The van der Waals surface area contributed by atoms with Gasteiger partial charge in [-0.25, -0.2) is 4.79 Å². The lowest BCUT2D eigenvalue weighted by Crippen LogP contribution is -2.37. The fourth-order valence-electron chi connectivity index (χ4n) is 2.40. The van der Waals surface area contributed by atoms with Crippen LogP contribution in [0.5, 0.6) is 11.5 Å². The predicted octanol–water partition coefficient (Wildman–Crippen LogP) is 1.53. The number of carbonyl (C=O) groups is 1. The number of rotatable bonds is 8. The Balaban J connectivity index is 1.92. The van der Waals surface area contributed by atoms with E-state index in [-0.39, 0.29) is 6.10 Å². The lowest BCUT2D eigenvalue weighted by molar-refractivity contribution is -0.139. The van der Waals surface area contributed by atoms with E-state index in [2.05, 4.69) is 15.8 Å². The highest BCUT2D eigenvalue weighted by Crippen LogP contribution is 2.28. The van der Waals surface area contributed by atoms with Gasteiger partial charge in [0, 0.05) is 18.7 Å². The van der Waals surface area contributed by atoms with E-state index in [1.807, 2.05) is 6.92 Å². The highest BCUT2D eigenvalue weighted by atomic mass is 32.1. The van der Waals surface area contributed by atoms with Gasteiger partial charge >= 0.3 is 5.97 Å². The Labute approximate surface area is 157 Å². The molecule has 0 bridgehead atoms. The smallest absolute Gasteiger partial charge is 0.341 e. The monoisotopic (exact) mass is 381 g/mol. The van der Waals surface area contributed by atoms with Crippen LogP contribution in [0.3, 0.4) is 0 Å². The Morgan fingerprint density at radius 2 is 2.27 bits per heavy atom. The van der Waals surface area contributed by atoms with Crippen LogP contribution < -0.4 is 20.2 Å². The highest BCUT2D eigenvalue weighted by Gasteiger charge is 2.15. The number of carboxylic acid groups (broad SMARTS) is 1. The van der Waals surface area contributed by atoms with E-state index in [1.165, 1.54) is 7.11 Å². The average molecular weight is 381 g/mol. The second-order valence-electron chi connectivity index (χ2n) is 5.70. The van der Waals surface area contributed by atoms with Gasteiger partial charge in [0.15, 0.2) is 23.2 Å². The minimum absolute atomic E-state index is 0.197. The second-order valence-corrected chi connectivity index (χ2v) is 6.11. The van der Waals surface area contributed by atoms with Crippen molar-refractivity contribution in [3.05, 3.63) is 23.8 Å². The van der Waals surface area contributed by atoms with Gasteiger partial charge in [-0.2, -0.15) is 5.10 Å². The summed E-state index contributed by atoms with van der Waals surface area (Å²) >= 11 is 5.20. The molecule has 9 heteroatoms. The van der Waals surface area contributed by atoms with E-state index in [9.17, 15) is 4.79 Å². The van der Waals surface area contributed by atoms with Crippen molar-refractivity contribution in [2.45, 2.75) is 25.9 Å². The van der Waals surface area contributed by atoms with Gasteiger partial charge < -0.3 is 24.6 Å². The number of carboxylic acids is 1. The van der Waals surface area contributed by atoms with E-state index in [0.717, 1.165) is 25.0 Å². The van der Waals surface area contributed by atoms with Crippen molar-refractivity contribution in [3.8, 4) is 11.5 Å². The molecule has 3 N–H and O–H groups in total. The third-order valence-corrected chi connectivity index (χ3v) is 4.01. The molecular weight excluding hydrogens is 358 g/mol. The number of nitrogens with one attached hydrogen (secondary N) is 2. The molecule has 26 heavy (non-hydrogen) atoms. The maximum absolute atomic E-state index is 10.6. The molecule has 0 aliphatic carbocycles. The van der Waals surface area contributed by atoms with Crippen LogP contribution >= 0.6 is 12.2 Å². The summed E-state index contributed by atoms with van der Waals surface area (Å²) in [4.78, 5) is 10.6. The zero-order valence-electron chi connectivity index (χ0n) is 14.8. The standard InChI is InChI=1S/C17H23N3O5S/c1-11(19-20-17(26)18-9-13-4-3-7-24-13)12-5-6-14(15(8-12)23-2)25-10-16(21)22/h5-6,8,13H,3-4,7,9-10H2,1-2H3,(H,21,22)(H2,18,20,26)/b19-11-/t13-/m0/s1. The summed E-state index contributed by atoms with van der Waals surface area (Å²) in [6.07, 6.45) is 2.31. The summed E-state index contributed by atoms with van der Waals surface area (Å²) in [5.74, 6) is -0.271. The summed E-state index contributed by atoms with van der Waals surface area (Å²) in [7, 11) is 1.49. The first kappa shape index (κ1) is 19.9. The predicted molar refractivity (Wildman–Crippen MR) is 101 cm³/mol. The number of hydrogen-bond acceptors (Lipinski definition) is 6. The van der Waals surface area contributed by atoms with Crippen molar-refractivity contribution in [2.75, 3.05) is 26.9 Å². The quantitative estimate of drug-likeness (QED) is 0.354. The Kier molecular flexibility index (Phi) is 7.61. The zero-order valence-corrected chi connectivity index (χ0v) is 15.6. The van der Waals surface area contributed by atoms with Gasteiger partial charge in [0.2, 0.25) is 0 Å². The topological polar surface area (TPSA) is 101 Å². The number of benzene rings is 1. The highest BCUT2D eigenvalue weighted by molar-refractivity contribution is 7.80. The third-order valence-electron chi connectivity index (χ3n) is 3.77. The first-order chi connectivity index (χ1) is 12.5. The lowest BCUT2D eigenvalue weighted by Gasteiger charge is -2.13. The SMILES string of the molecule is COc1cc(/C(C)=N\NC(=S)NC[C@@H]2CCCO2)ccc1OCC(=O)O. The summed E-state index contributed by atoms with van der Waals surface area (Å²) in [5.41, 5.74) is 4.28. The molecule has 1 heterocycles. The first-order valence-electron chi connectivity index (χ1n) is 8.22. The van der Waals surface area contributed by atoms with E-state index >= 15 is 0 Å². The number of ether oxygens (including phenoxy) is 3. The summed E-state index contributed by atoms with van der Waals surface area (Å²) < 4.78 is 15.9. The van der Waals surface area contributed by atoms with Crippen molar-refractivity contribution in [1.82, 2.24) is 10.7 Å². The Morgan fingerprint density at radius 3 is 2.92 bits per heavy atom. The second kappa shape index (κ2) is 9.93. The number of aliphatic carboxylic acids is 1. The number of methoxy groups -OCH3 is 1. The Hall–Kier alpha value is -2.39. The maximum atomic E-state index is 10.6. The van der Waals surface area contributed by atoms with E-state index < -0.39 is 12.6 Å². The number of nitrogens with zero attached hydrogens (tertiary/aromatic N) is 1. The van der Waals surface area contributed by atoms with Gasteiger partial charge in [-0.3, -0.25) is 5.43 Å². The molecule has 1 aliphatic rings. The lowest BCUT2D eigenvalue weighted by atomic mass is 10.1. The van der Waals surface area contributed by atoms with Crippen molar-refractivity contribution < 1.29 is 24.1 Å². The van der Waals surface area contributed by atoms with Gasteiger partial charge in [-0.15, -0.1) is 0 Å². The van der Waals surface area contributed by atoms with Gasteiger partial charge in [0.25, 0.3) is 0 Å². The van der Waals surface area contributed by atoms with Crippen molar-refractivity contribution >= 4 is 29.0 Å². The molecule has 0 radical (unpaired) electrons. The van der Waals surface area contributed by atoms with E-state index in [4.69, 9.17) is 31.5 Å². The van der Waals surface area contributed by atoms with Crippen LogP contribution in [0.1, 0.15) is 25.3 Å². The maximum Gasteiger partial charge on any atom is 0.341 e. The molecule has 1 aliphatic heterocycles. The van der Waals surface area contributed by atoms with Crippen LogP contribution in [-0.4, -0.2) is 54.9 Å². The first-order valence-corrected chi connectivity index (χ1v) is 8.63. The van der Waals surface area contributed by atoms with Crippen LogP contribution in [0.2, 0.25) is 0 Å². The fourth-order valence-corrected chi connectivity index (χ4v) is 2.53. The molecule has 8 nitrogen and oxygen atoms in total. The summed E-state index contributed by atoms with van der Waals surface area (Å²) in [6.45, 7) is 2.85. The minimum atomic E-state index is -1.05. The number of hydrogen-bond donors (Lipinski definition) is 3. The zero-order chi connectivity index (χ0) is 18.9. The van der Waals surface area contributed by atoms with Gasteiger partial charge in [-0.1, -0.05) is 0 Å². The molecule has 0 saturated carbocycles. The van der Waals surface area contributed by atoms with Crippen molar-refractivity contribution in [1.29, 1.82) is 0 Å². The summed E-state index contributed by atoms with van der Waals surface area (Å²) in [5, 5.41) is 16.5. The molecule has 0 amide bonds. The molecule has 0 unspecified atom stereocenters. The van der Waals surface area contributed by atoms with E-state index in [1.54, 1.807) is 18.2 Å². The molecule has 0 spiro atoms. The molecule has 0 aromatic heterocycles.